The Bertz CT molecular complexity index is 728. The van der Waals surface area contributed by atoms with Crippen molar-refractivity contribution in [3.8, 4) is 11.8 Å². The molecule has 1 aliphatic rings. The van der Waals surface area contributed by atoms with Crippen LogP contribution in [0, 0.1) is 11.8 Å². The molecule has 0 saturated heterocycles. The van der Waals surface area contributed by atoms with E-state index >= 15 is 0 Å². The molecule has 0 heterocycles. The lowest BCUT2D eigenvalue weighted by atomic mass is 9.91. The van der Waals surface area contributed by atoms with Gasteiger partial charge < -0.3 is 14.2 Å². The Labute approximate surface area is 184 Å². The molecule has 1 aromatic rings. The zero-order valence-electron chi connectivity index (χ0n) is 19.1. The predicted octanol–water partition coefficient (Wildman–Crippen LogP) is 6.17. The molecule has 0 spiro atoms. The van der Waals surface area contributed by atoms with Gasteiger partial charge in [-0.15, -0.1) is 0 Å². The Morgan fingerprint density at radius 2 is 1.77 bits per heavy atom. The summed E-state index contributed by atoms with van der Waals surface area (Å²) in [4.78, 5) is 0. The van der Waals surface area contributed by atoms with Crippen molar-refractivity contribution in [2.24, 2.45) is 0 Å². The largest absolute Gasteiger partial charge is 0.416 e. The molecule has 0 amide bonds. The second-order valence-electron chi connectivity index (χ2n) is 8.49. The van der Waals surface area contributed by atoms with Gasteiger partial charge in [0.25, 0.3) is 0 Å². The first-order valence-corrected chi connectivity index (χ1v) is 11.2. The van der Waals surface area contributed by atoms with Gasteiger partial charge in [-0.25, -0.2) is 0 Å². The van der Waals surface area contributed by atoms with Crippen LogP contribution in [0.4, 0.5) is 13.2 Å². The van der Waals surface area contributed by atoms with Crippen molar-refractivity contribution in [1.82, 2.24) is 0 Å². The highest BCUT2D eigenvalue weighted by atomic mass is 19.4. The van der Waals surface area contributed by atoms with Gasteiger partial charge in [0.2, 0.25) is 0 Å². The average Bonchev–Trinajstić information content (AvgIpc) is 2.65. The van der Waals surface area contributed by atoms with Crippen molar-refractivity contribution < 1.29 is 27.4 Å². The normalized spacial score (nSPS) is 19.6. The quantitative estimate of drug-likeness (QED) is 0.385. The minimum atomic E-state index is -4.39. The highest BCUT2D eigenvalue weighted by Gasteiger charge is 2.33. The molecule has 3 nitrogen and oxygen atoms in total. The molecular weight excluding hydrogens is 405 g/mol. The molecule has 0 N–H and O–H groups in total. The summed E-state index contributed by atoms with van der Waals surface area (Å²) in [5.74, 6) is 5.49. The summed E-state index contributed by atoms with van der Waals surface area (Å²) >= 11 is 0. The molecule has 1 atom stereocenters. The van der Waals surface area contributed by atoms with Crippen LogP contribution in [0.5, 0.6) is 0 Å². The standard InChI is InChI=1S/C25H35F3O3/c1-5-8-22(31-24-16-23(17-24)30-18(2)3)11-6-9-19-13-20(10-7-12-29-4)15-21(14-19)25(26,27)28/h13-15,18,22-24H,5-6,8-9,11-12,16-17H2,1-4H3. The number of halogens is 3. The van der Waals surface area contributed by atoms with Crippen molar-refractivity contribution >= 4 is 0 Å². The average molecular weight is 441 g/mol. The fourth-order valence-electron chi connectivity index (χ4n) is 3.82. The zero-order valence-corrected chi connectivity index (χ0v) is 19.1. The van der Waals surface area contributed by atoms with Crippen LogP contribution in [-0.4, -0.2) is 38.1 Å². The van der Waals surface area contributed by atoms with Crippen LogP contribution < -0.4 is 0 Å². The van der Waals surface area contributed by atoms with Gasteiger partial charge >= 0.3 is 6.18 Å². The molecular formula is C25H35F3O3. The van der Waals surface area contributed by atoms with Gasteiger partial charge in [0.1, 0.15) is 6.61 Å². The Morgan fingerprint density at radius 3 is 2.39 bits per heavy atom. The summed E-state index contributed by atoms with van der Waals surface area (Å²) < 4.78 is 56.7. The van der Waals surface area contributed by atoms with Gasteiger partial charge in [-0.3, -0.25) is 0 Å². The number of alkyl halides is 3. The number of hydrogen-bond acceptors (Lipinski definition) is 3. The Hall–Kier alpha value is -1.55. The molecule has 0 bridgehead atoms. The highest BCUT2D eigenvalue weighted by molar-refractivity contribution is 5.41. The zero-order chi connectivity index (χ0) is 22.9. The number of methoxy groups -OCH3 is 1. The Kier molecular flexibility index (Phi) is 10.3. The maximum Gasteiger partial charge on any atom is 0.416 e. The maximum absolute atomic E-state index is 13.3. The Balaban J connectivity index is 1.92. The maximum atomic E-state index is 13.3. The van der Waals surface area contributed by atoms with E-state index in [2.05, 4.69) is 18.8 Å². The molecule has 1 aromatic carbocycles. The minimum Gasteiger partial charge on any atom is -0.375 e. The second kappa shape index (κ2) is 12.5. The molecule has 1 saturated carbocycles. The van der Waals surface area contributed by atoms with E-state index in [9.17, 15) is 13.2 Å². The molecule has 1 unspecified atom stereocenters. The molecule has 174 valence electrons. The lowest BCUT2D eigenvalue weighted by molar-refractivity contribution is -0.141. The fourth-order valence-corrected chi connectivity index (χ4v) is 3.82. The fraction of sp³-hybridized carbons (Fsp3) is 0.680. The summed E-state index contributed by atoms with van der Waals surface area (Å²) in [6.07, 6.45) is 2.51. The third kappa shape index (κ3) is 9.22. The first kappa shape index (κ1) is 25.7. The lowest BCUT2D eigenvalue weighted by Gasteiger charge is -2.38. The molecule has 1 aliphatic carbocycles. The van der Waals surface area contributed by atoms with E-state index in [-0.39, 0.29) is 31.0 Å². The number of ether oxygens (including phenoxy) is 3. The van der Waals surface area contributed by atoms with Crippen LogP contribution in [0.3, 0.4) is 0 Å². The first-order valence-electron chi connectivity index (χ1n) is 11.2. The predicted molar refractivity (Wildman–Crippen MR) is 116 cm³/mol. The molecule has 0 radical (unpaired) electrons. The van der Waals surface area contributed by atoms with Crippen molar-refractivity contribution in [1.29, 1.82) is 0 Å². The highest BCUT2D eigenvalue weighted by Crippen LogP contribution is 2.32. The first-order chi connectivity index (χ1) is 14.7. The van der Waals surface area contributed by atoms with Gasteiger partial charge in [-0.05, 0) is 76.1 Å². The third-order valence-electron chi connectivity index (χ3n) is 5.27. The van der Waals surface area contributed by atoms with Crippen LogP contribution in [0.1, 0.15) is 76.0 Å². The Morgan fingerprint density at radius 1 is 1.06 bits per heavy atom. The van der Waals surface area contributed by atoms with Crippen molar-refractivity contribution in [3.63, 3.8) is 0 Å². The summed E-state index contributed by atoms with van der Waals surface area (Å²) in [6, 6.07) is 4.08. The van der Waals surface area contributed by atoms with Crippen molar-refractivity contribution in [3.05, 3.63) is 34.9 Å². The minimum absolute atomic E-state index is 0.141. The summed E-state index contributed by atoms with van der Waals surface area (Å²) in [5, 5.41) is 0. The summed E-state index contributed by atoms with van der Waals surface area (Å²) in [5.41, 5.74) is 0.369. The molecule has 0 aliphatic heterocycles. The van der Waals surface area contributed by atoms with E-state index in [1.54, 1.807) is 6.07 Å². The van der Waals surface area contributed by atoms with Crippen LogP contribution in [0.25, 0.3) is 0 Å². The van der Waals surface area contributed by atoms with Gasteiger partial charge in [-0.2, -0.15) is 13.2 Å². The number of rotatable bonds is 11. The van der Waals surface area contributed by atoms with Crippen molar-refractivity contribution in [2.45, 2.75) is 96.3 Å². The lowest BCUT2D eigenvalue weighted by Crippen LogP contribution is -2.41. The van der Waals surface area contributed by atoms with Crippen molar-refractivity contribution in [2.75, 3.05) is 13.7 Å². The topological polar surface area (TPSA) is 27.7 Å². The summed E-state index contributed by atoms with van der Waals surface area (Å²) in [6.45, 7) is 6.39. The van der Waals surface area contributed by atoms with E-state index < -0.39 is 11.7 Å². The van der Waals surface area contributed by atoms with E-state index in [1.807, 2.05) is 13.8 Å². The second-order valence-corrected chi connectivity index (χ2v) is 8.49. The monoisotopic (exact) mass is 440 g/mol. The molecule has 1 fully saturated rings. The van der Waals surface area contributed by atoms with Crippen LogP contribution in [0.15, 0.2) is 18.2 Å². The van der Waals surface area contributed by atoms with E-state index in [0.717, 1.165) is 44.6 Å². The van der Waals surface area contributed by atoms with Gasteiger partial charge in [0.05, 0.1) is 30.0 Å². The van der Waals surface area contributed by atoms with Gasteiger partial charge in [-0.1, -0.05) is 25.2 Å². The van der Waals surface area contributed by atoms with Gasteiger partial charge in [0, 0.05) is 12.7 Å². The molecule has 31 heavy (non-hydrogen) atoms. The van der Waals surface area contributed by atoms with E-state index in [4.69, 9.17) is 14.2 Å². The molecule has 6 heteroatoms. The van der Waals surface area contributed by atoms with Crippen LogP contribution in [-0.2, 0) is 26.8 Å². The molecule has 0 aromatic heterocycles. The van der Waals surface area contributed by atoms with Crippen LogP contribution in [0.2, 0.25) is 0 Å². The van der Waals surface area contributed by atoms with Gasteiger partial charge in [0.15, 0.2) is 0 Å². The van der Waals surface area contributed by atoms with E-state index in [1.165, 1.54) is 13.2 Å². The SMILES string of the molecule is CCCC(CCCc1cc(C#CCOC)cc(C(F)(F)F)c1)OC1CC(OC(C)C)C1. The number of benzene rings is 1. The summed E-state index contributed by atoms with van der Waals surface area (Å²) in [7, 11) is 1.50. The third-order valence-corrected chi connectivity index (χ3v) is 5.27. The molecule has 2 rings (SSSR count). The van der Waals surface area contributed by atoms with Crippen LogP contribution >= 0.6 is 0 Å². The van der Waals surface area contributed by atoms with E-state index in [0.29, 0.717) is 17.5 Å². The smallest absolute Gasteiger partial charge is 0.375 e. The number of hydrogen-bond donors (Lipinski definition) is 0. The number of aryl methyl sites for hydroxylation is 1.